The molecule has 1 aromatic heterocycles. The fourth-order valence-electron chi connectivity index (χ4n) is 2.99. The quantitative estimate of drug-likeness (QED) is 0.263. The normalized spacial score (nSPS) is 11.1. The number of benzene rings is 3. The van der Waals surface area contributed by atoms with E-state index in [0.29, 0.717) is 32.7 Å². The number of para-hydroxylation sites is 1. The molecule has 0 aliphatic rings. The molecule has 6 nitrogen and oxygen atoms in total. The number of furan rings is 1. The molecule has 0 bridgehead atoms. The van der Waals surface area contributed by atoms with Gasteiger partial charge in [-0.3, -0.25) is 4.79 Å². The molecule has 0 saturated carbocycles. The van der Waals surface area contributed by atoms with E-state index in [0.717, 1.165) is 10.9 Å². The minimum absolute atomic E-state index is 0.186. The minimum Gasteiger partial charge on any atom is -0.493 e. The maximum absolute atomic E-state index is 12.3. The summed E-state index contributed by atoms with van der Waals surface area (Å²) in [6.07, 6.45) is 1.50. The van der Waals surface area contributed by atoms with Crippen LogP contribution in [-0.4, -0.2) is 19.2 Å². The standard InChI is InChI=1S/C24H18Cl2N2O4/c1-30-22-10-15(6-9-21(22)31-14-17-7-8-18(25)12-19(17)26)13-27-28-24(29)23-11-16-4-2-3-5-20(16)32-23/h2-13H,14H2,1H3,(H,28,29)/b27-13+. The molecule has 32 heavy (non-hydrogen) atoms. The Kier molecular flexibility index (Phi) is 6.63. The van der Waals surface area contributed by atoms with Crippen LogP contribution in [0.2, 0.25) is 10.0 Å². The Morgan fingerprint density at radius 1 is 1.06 bits per heavy atom. The molecule has 162 valence electrons. The van der Waals surface area contributed by atoms with E-state index in [-0.39, 0.29) is 12.4 Å². The molecule has 0 aliphatic heterocycles. The van der Waals surface area contributed by atoms with Gasteiger partial charge >= 0.3 is 5.91 Å². The lowest BCUT2D eigenvalue weighted by Gasteiger charge is -2.12. The zero-order valence-corrected chi connectivity index (χ0v) is 18.5. The highest BCUT2D eigenvalue weighted by atomic mass is 35.5. The highest BCUT2D eigenvalue weighted by Crippen LogP contribution is 2.30. The van der Waals surface area contributed by atoms with Crippen molar-refractivity contribution in [1.82, 2.24) is 5.43 Å². The predicted octanol–water partition coefficient (Wildman–Crippen LogP) is 6.09. The van der Waals surface area contributed by atoms with Crippen molar-refractivity contribution >= 4 is 46.3 Å². The van der Waals surface area contributed by atoms with Crippen LogP contribution in [0.25, 0.3) is 11.0 Å². The average molecular weight is 469 g/mol. The van der Waals surface area contributed by atoms with Crippen molar-refractivity contribution in [2.24, 2.45) is 5.10 Å². The second-order valence-electron chi connectivity index (χ2n) is 6.78. The third-order valence-corrected chi connectivity index (χ3v) is 5.20. The minimum atomic E-state index is -0.441. The van der Waals surface area contributed by atoms with Crippen molar-refractivity contribution < 1.29 is 18.7 Å². The maximum Gasteiger partial charge on any atom is 0.307 e. The molecule has 0 saturated heterocycles. The summed E-state index contributed by atoms with van der Waals surface area (Å²) in [5.74, 6) is 0.805. The lowest BCUT2D eigenvalue weighted by atomic mass is 10.2. The van der Waals surface area contributed by atoms with Crippen molar-refractivity contribution in [1.29, 1.82) is 0 Å². The first-order valence-corrected chi connectivity index (χ1v) is 10.4. The van der Waals surface area contributed by atoms with Gasteiger partial charge in [0.2, 0.25) is 0 Å². The van der Waals surface area contributed by atoms with E-state index < -0.39 is 5.91 Å². The van der Waals surface area contributed by atoms with Crippen LogP contribution in [-0.2, 0) is 6.61 Å². The lowest BCUT2D eigenvalue weighted by molar-refractivity contribution is 0.0929. The Bertz CT molecular complexity index is 1270. The van der Waals surface area contributed by atoms with E-state index in [1.54, 1.807) is 49.6 Å². The summed E-state index contributed by atoms with van der Waals surface area (Å²) >= 11 is 12.1. The maximum atomic E-state index is 12.3. The Balaban J connectivity index is 1.40. The molecule has 1 amide bonds. The summed E-state index contributed by atoms with van der Waals surface area (Å²) in [6, 6.07) is 19.6. The first kappa shape index (κ1) is 21.7. The molecule has 4 aromatic rings. The number of carbonyl (C=O) groups excluding carboxylic acids is 1. The van der Waals surface area contributed by atoms with Crippen LogP contribution in [0.4, 0.5) is 0 Å². The zero-order chi connectivity index (χ0) is 22.5. The van der Waals surface area contributed by atoms with Gasteiger partial charge in [-0.25, -0.2) is 5.43 Å². The summed E-state index contributed by atoms with van der Waals surface area (Å²) in [5, 5.41) is 5.94. The van der Waals surface area contributed by atoms with E-state index in [4.69, 9.17) is 37.1 Å². The van der Waals surface area contributed by atoms with Gasteiger partial charge in [-0.15, -0.1) is 0 Å². The van der Waals surface area contributed by atoms with E-state index in [2.05, 4.69) is 10.5 Å². The van der Waals surface area contributed by atoms with E-state index >= 15 is 0 Å². The molecule has 0 spiro atoms. The molecule has 0 aliphatic carbocycles. The van der Waals surface area contributed by atoms with Crippen molar-refractivity contribution in [3.63, 3.8) is 0 Å². The summed E-state index contributed by atoms with van der Waals surface area (Å²) < 4.78 is 16.8. The van der Waals surface area contributed by atoms with Crippen LogP contribution in [0.3, 0.4) is 0 Å². The van der Waals surface area contributed by atoms with E-state index in [9.17, 15) is 4.79 Å². The predicted molar refractivity (Wildman–Crippen MR) is 125 cm³/mol. The van der Waals surface area contributed by atoms with Gasteiger partial charge in [0.05, 0.1) is 13.3 Å². The highest BCUT2D eigenvalue weighted by Gasteiger charge is 2.11. The van der Waals surface area contributed by atoms with E-state index in [1.165, 1.54) is 6.21 Å². The van der Waals surface area contributed by atoms with Gasteiger partial charge in [0, 0.05) is 21.0 Å². The Hall–Kier alpha value is -3.48. The molecule has 1 N–H and O–H groups in total. The molecule has 0 fully saturated rings. The summed E-state index contributed by atoms with van der Waals surface area (Å²) in [6.45, 7) is 0.257. The molecule has 4 rings (SSSR count). The first-order chi connectivity index (χ1) is 15.5. The van der Waals surface area contributed by atoms with Crippen molar-refractivity contribution in [2.75, 3.05) is 7.11 Å². The van der Waals surface area contributed by atoms with Gasteiger partial charge in [-0.05, 0) is 48.0 Å². The Labute approximate surface area is 194 Å². The molecular formula is C24H18Cl2N2O4. The molecular weight excluding hydrogens is 451 g/mol. The third-order valence-electron chi connectivity index (χ3n) is 4.61. The topological polar surface area (TPSA) is 73.1 Å². The molecule has 1 heterocycles. The van der Waals surface area contributed by atoms with Gasteiger partial charge in [0.15, 0.2) is 17.3 Å². The average Bonchev–Trinajstić information content (AvgIpc) is 3.23. The van der Waals surface area contributed by atoms with Crippen molar-refractivity contribution in [3.05, 3.63) is 93.7 Å². The number of fused-ring (bicyclic) bond motifs is 1. The number of carbonyl (C=O) groups is 1. The molecule has 3 aromatic carbocycles. The number of methoxy groups -OCH3 is 1. The SMILES string of the molecule is COc1cc(/C=N/NC(=O)c2cc3ccccc3o2)ccc1OCc1ccc(Cl)cc1Cl. The first-order valence-electron chi connectivity index (χ1n) is 9.60. The summed E-state index contributed by atoms with van der Waals surface area (Å²) in [5.41, 5.74) is 4.61. The van der Waals surface area contributed by atoms with Crippen LogP contribution in [0.5, 0.6) is 11.5 Å². The number of hydrogen-bond acceptors (Lipinski definition) is 5. The lowest BCUT2D eigenvalue weighted by Crippen LogP contribution is -2.16. The number of hydrogen-bond donors (Lipinski definition) is 1. The van der Waals surface area contributed by atoms with Crippen LogP contribution in [0.15, 0.2) is 76.2 Å². The van der Waals surface area contributed by atoms with Crippen LogP contribution in [0.1, 0.15) is 21.7 Å². The Morgan fingerprint density at radius 2 is 1.91 bits per heavy atom. The monoisotopic (exact) mass is 468 g/mol. The molecule has 0 radical (unpaired) electrons. The van der Waals surface area contributed by atoms with Crippen LogP contribution >= 0.6 is 23.2 Å². The fraction of sp³-hybridized carbons (Fsp3) is 0.0833. The summed E-state index contributed by atoms with van der Waals surface area (Å²) in [7, 11) is 1.54. The van der Waals surface area contributed by atoms with Crippen molar-refractivity contribution in [3.8, 4) is 11.5 Å². The van der Waals surface area contributed by atoms with Crippen LogP contribution < -0.4 is 14.9 Å². The van der Waals surface area contributed by atoms with Gasteiger partial charge < -0.3 is 13.9 Å². The number of nitrogens with zero attached hydrogens (tertiary/aromatic N) is 1. The van der Waals surface area contributed by atoms with Gasteiger partial charge in [-0.2, -0.15) is 5.10 Å². The summed E-state index contributed by atoms with van der Waals surface area (Å²) in [4.78, 5) is 12.3. The number of rotatable bonds is 7. The number of hydrazone groups is 1. The fourth-order valence-corrected chi connectivity index (χ4v) is 3.46. The van der Waals surface area contributed by atoms with Crippen LogP contribution in [0, 0.1) is 0 Å². The molecule has 0 unspecified atom stereocenters. The second-order valence-corrected chi connectivity index (χ2v) is 7.63. The number of halogens is 2. The smallest absolute Gasteiger partial charge is 0.307 e. The van der Waals surface area contributed by atoms with E-state index in [1.807, 2.05) is 24.3 Å². The highest BCUT2D eigenvalue weighted by molar-refractivity contribution is 6.35. The molecule has 8 heteroatoms. The van der Waals surface area contributed by atoms with Gasteiger partial charge in [0.25, 0.3) is 0 Å². The number of ether oxygens (including phenoxy) is 2. The van der Waals surface area contributed by atoms with Gasteiger partial charge in [0.1, 0.15) is 12.2 Å². The molecule has 0 atom stereocenters. The number of nitrogens with one attached hydrogen (secondary N) is 1. The zero-order valence-electron chi connectivity index (χ0n) is 17.0. The Morgan fingerprint density at radius 3 is 2.69 bits per heavy atom. The largest absolute Gasteiger partial charge is 0.493 e. The van der Waals surface area contributed by atoms with Crippen molar-refractivity contribution in [2.45, 2.75) is 6.61 Å². The third kappa shape index (κ3) is 5.04. The number of amides is 1. The van der Waals surface area contributed by atoms with Gasteiger partial charge in [-0.1, -0.05) is 47.5 Å². The second kappa shape index (κ2) is 9.77.